The third-order valence-electron chi connectivity index (χ3n) is 2.71. The fraction of sp³-hybridized carbons (Fsp3) is 0.231. The molecule has 0 fully saturated rings. The van der Waals surface area contributed by atoms with Gasteiger partial charge in [-0.2, -0.15) is 0 Å². The summed E-state index contributed by atoms with van der Waals surface area (Å²) in [5.74, 6) is 0. The van der Waals surface area contributed by atoms with Crippen LogP contribution < -0.4 is 4.72 Å². The van der Waals surface area contributed by atoms with Crippen LogP contribution in [0.3, 0.4) is 0 Å². The second-order valence-corrected chi connectivity index (χ2v) is 5.82. The molecular weight excluding hydrogens is 248 g/mol. The highest BCUT2D eigenvalue weighted by Gasteiger charge is 2.14. The Morgan fingerprint density at radius 2 is 1.78 bits per heavy atom. The summed E-state index contributed by atoms with van der Waals surface area (Å²) in [5, 5.41) is 0. The lowest BCUT2D eigenvalue weighted by molar-refractivity contribution is 0.572. The molecule has 0 radical (unpaired) electrons. The number of benzene rings is 1. The van der Waals surface area contributed by atoms with Gasteiger partial charge in [0.15, 0.2) is 0 Å². The molecule has 4 nitrogen and oxygen atoms in total. The van der Waals surface area contributed by atoms with Crippen molar-refractivity contribution in [3.05, 3.63) is 54.4 Å². The Balaban J connectivity index is 2.02. The van der Waals surface area contributed by atoms with Crippen LogP contribution in [0.4, 0.5) is 0 Å². The van der Waals surface area contributed by atoms with Gasteiger partial charge in [-0.15, -0.1) is 0 Å². The molecule has 0 aliphatic rings. The Hall–Kier alpha value is -1.59. The summed E-state index contributed by atoms with van der Waals surface area (Å²) in [6, 6.07) is 10.8. The first-order valence-electron chi connectivity index (χ1n) is 5.76. The van der Waals surface area contributed by atoms with E-state index in [1.165, 1.54) is 0 Å². The molecule has 1 aromatic carbocycles. The van der Waals surface area contributed by atoms with Crippen molar-refractivity contribution in [3.63, 3.8) is 0 Å². The topological polar surface area (TPSA) is 51.1 Å². The van der Waals surface area contributed by atoms with Crippen molar-refractivity contribution in [3.8, 4) is 0 Å². The summed E-state index contributed by atoms with van der Waals surface area (Å²) in [7, 11) is -3.41. The summed E-state index contributed by atoms with van der Waals surface area (Å²) in [6.07, 6.45) is 3.81. The summed E-state index contributed by atoms with van der Waals surface area (Å²) in [5.41, 5.74) is 0.756. The standard InChI is InChI=1S/C13H16N2O2S/c1-12-6-2-3-7-13(12)18(16,17)14-8-11-15-9-4-5-10-15/h2-7,9-10,14H,8,11H2,1H3. The van der Waals surface area contributed by atoms with Crippen LogP contribution in [0.5, 0.6) is 0 Å². The quantitative estimate of drug-likeness (QED) is 0.895. The molecule has 0 amide bonds. The highest BCUT2D eigenvalue weighted by atomic mass is 32.2. The zero-order chi connectivity index (χ0) is 13.0. The molecule has 0 saturated carbocycles. The van der Waals surface area contributed by atoms with Crippen molar-refractivity contribution in [2.45, 2.75) is 18.4 Å². The molecule has 2 aromatic rings. The van der Waals surface area contributed by atoms with E-state index >= 15 is 0 Å². The van der Waals surface area contributed by atoms with E-state index in [2.05, 4.69) is 4.72 Å². The van der Waals surface area contributed by atoms with Gasteiger partial charge in [-0.05, 0) is 30.7 Å². The summed E-state index contributed by atoms with van der Waals surface area (Å²) >= 11 is 0. The number of nitrogens with one attached hydrogen (secondary N) is 1. The van der Waals surface area contributed by atoms with Crippen LogP contribution in [0, 0.1) is 6.92 Å². The van der Waals surface area contributed by atoms with Gasteiger partial charge in [-0.1, -0.05) is 18.2 Å². The Bertz CT molecular complexity index is 604. The Morgan fingerprint density at radius 3 is 2.44 bits per heavy atom. The zero-order valence-corrected chi connectivity index (χ0v) is 11.0. The second kappa shape index (κ2) is 5.37. The molecule has 0 saturated heterocycles. The molecule has 1 heterocycles. The third-order valence-corrected chi connectivity index (χ3v) is 4.33. The molecule has 0 atom stereocenters. The summed E-state index contributed by atoms with van der Waals surface area (Å²) < 4.78 is 28.7. The van der Waals surface area contributed by atoms with Crippen LogP contribution in [0.15, 0.2) is 53.7 Å². The van der Waals surface area contributed by atoms with E-state index in [-0.39, 0.29) is 0 Å². The monoisotopic (exact) mass is 264 g/mol. The maximum absolute atomic E-state index is 12.1. The first-order valence-corrected chi connectivity index (χ1v) is 7.24. The summed E-state index contributed by atoms with van der Waals surface area (Å²) in [6.45, 7) is 2.80. The van der Waals surface area contributed by atoms with Crippen molar-refractivity contribution in [1.29, 1.82) is 0 Å². The SMILES string of the molecule is Cc1ccccc1S(=O)(=O)NCCn1cccc1. The fourth-order valence-electron chi connectivity index (χ4n) is 1.76. The molecule has 0 unspecified atom stereocenters. The number of sulfonamides is 1. The van der Waals surface area contributed by atoms with E-state index in [1.807, 2.05) is 35.2 Å². The normalized spacial score (nSPS) is 11.6. The molecule has 0 aliphatic heterocycles. The molecule has 18 heavy (non-hydrogen) atoms. The molecule has 96 valence electrons. The van der Waals surface area contributed by atoms with Crippen LogP contribution in [0.2, 0.25) is 0 Å². The van der Waals surface area contributed by atoms with Crippen molar-refractivity contribution in [2.24, 2.45) is 0 Å². The van der Waals surface area contributed by atoms with Crippen LogP contribution >= 0.6 is 0 Å². The first-order chi connectivity index (χ1) is 8.59. The second-order valence-electron chi connectivity index (χ2n) is 4.08. The van der Waals surface area contributed by atoms with Crippen LogP contribution in [0.25, 0.3) is 0 Å². The van der Waals surface area contributed by atoms with Gasteiger partial charge in [-0.3, -0.25) is 0 Å². The lowest BCUT2D eigenvalue weighted by Gasteiger charge is -2.09. The number of aromatic nitrogens is 1. The largest absolute Gasteiger partial charge is 0.353 e. The summed E-state index contributed by atoms with van der Waals surface area (Å²) in [4.78, 5) is 0.345. The maximum Gasteiger partial charge on any atom is 0.240 e. The minimum Gasteiger partial charge on any atom is -0.353 e. The third kappa shape index (κ3) is 3.00. The predicted molar refractivity (Wildman–Crippen MR) is 70.8 cm³/mol. The average Bonchev–Trinajstić information content (AvgIpc) is 2.82. The molecule has 1 aromatic heterocycles. The number of rotatable bonds is 5. The van der Waals surface area contributed by atoms with E-state index in [9.17, 15) is 8.42 Å². The molecule has 0 bridgehead atoms. The smallest absolute Gasteiger partial charge is 0.240 e. The average molecular weight is 264 g/mol. The van der Waals surface area contributed by atoms with Crippen LogP contribution in [0.1, 0.15) is 5.56 Å². The van der Waals surface area contributed by atoms with Gasteiger partial charge in [-0.25, -0.2) is 13.1 Å². The van der Waals surface area contributed by atoms with E-state index in [4.69, 9.17) is 0 Å². The van der Waals surface area contributed by atoms with Gasteiger partial charge in [0.2, 0.25) is 10.0 Å². The number of aryl methyl sites for hydroxylation is 1. The molecule has 0 spiro atoms. The first kappa shape index (κ1) is 12.9. The lowest BCUT2D eigenvalue weighted by Crippen LogP contribution is -2.27. The Morgan fingerprint density at radius 1 is 1.11 bits per heavy atom. The fourth-order valence-corrected chi connectivity index (χ4v) is 3.03. The van der Waals surface area contributed by atoms with Gasteiger partial charge >= 0.3 is 0 Å². The zero-order valence-electron chi connectivity index (χ0n) is 10.2. The van der Waals surface area contributed by atoms with Gasteiger partial charge in [0, 0.05) is 25.5 Å². The van der Waals surface area contributed by atoms with Crippen molar-refractivity contribution < 1.29 is 8.42 Å². The van der Waals surface area contributed by atoms with Crippen molar-refractivity contribution in [1.82, 2.24) is 9.29 Å². The minimum absolute atomic E-state index is 0.345. The maximum atomic E-state index is 12.1. The number of nitrogens with zero attached hydrogens (tertiary/aromatic N) is 1. The molecular formula is C13H16N2O2S. The predicted octanol–water partition coefficient (Wildman–Crippen LogP) is 1.78. The van der Waals surface area contributed by atoms with Gasteiger partial charge in [0.1, 0.15) is 0 Å². The minimum atomic E-state index is -3.41. The van der Waals surface area contributed by atoms with E-state index in [1.54, 1.807) is 25.1 Å². The molecule has 0 aliphatic carbocycles. The van der Waals surface area contributed by atoms with E-state index in [0.717, 1.165) is 5.56 Å². The highest BCUT2D eigenvalue weighted by Crippen LogP contribution is 2.13. The Labute approximate surface area is 107 Å². The molecule has 5 heteroatoms. The number of hydrogen-bond acceptors (Lipinski definition) is 2. The van der Waals surface area contributed by atoms with E-state index in [0.29, 0.717) is 18.0 Å². The van der Waals surface area contributed by atoms with Gasteiger partial charge in [0.25, 0.3) is 0 Å². The van der Waals surface area contributed by atoms with Crippen LogP contribution in [-0.2, 0) is 16.6 Å². The Kier molecular flexibility index (Phi) is 3.84. The molecule has 1 N–H and O–H groups in total. The van der Waals surface area contributed by atoms with Crippen molar-refractivity contribution in [2.75, 3.05) is 6.54 Å². The molecule has 2 rings (SSSR count). The van der Waals surface area contributed by atoms with Gasteiger partial charge in [0.05, 0.1) is 4.90 Å². The number of hydrogen-bond donors (Lipinski definition) is 1. The lowest BCUT2D eigenvalue weighted by atomic mass is 10.2. The highest BCUT2D eigenvalue weighted by molar-refractivity contribution is 7.89. The van der Waals surface area contributed by atoms with Crippen LogP contribution in [-0.4, -0.2) is 19.5 Å². The van der Waals surface area contributed by atoms with Gasteiger partial charge < -0.3 is 4.57 Å². The van der Waals surface area contributed by atoms with E-state index < -0.39 is 10.0 Å². The van der Waals surface area contributed by atoms with Crippen molar-refractivity contribution >= 4 is 10.0 Å².